The number of ether oxygens (including phenoxy) is 5. The van der Waals surface area contributed by atoms with Gasteiger partial charge in [0.25, 0.3) is 0 Å². The fourth-order valence-corrected chi connectivity index (χ4v) is 25.1. The molecule has 10 aromatic heterocycles. The van der Waals surface area contributed by atoms with Gasteiger partial charge in [-0.25, -0.2) is 61.8 Å². The minimum Gasteiger partial charge on any atom is -0.487 e. The van der Waals surface area contributed by atoms with Crippen molar-refractivity contribution in [2.75, 3.05) is 24.6 Å². The number of aliphatic hydroxyl groups excluding tert-OH is 10. The average Bonchev–Trinajstić information content (AvgIpc) is 1.63. The summed E-state index contributed by atoms with van der Waals surface area (Å²) in [5, 5.41) is 119. The molecule has 5 aromatic carbocycles. The summed E-state index contributed by atoms with van der Waals surface area (Å²) >= 11 is 25.7. The standard InChI is InChI=1S/C22H23BrFN3O3.C22H23ClFN3O3.C22H25ClN4O3.C21H21BrF2N4O3.C20H22ClFN4O3/c2*1-11-19-14(23)9-27(22(19)26-10-25-11)16-8-18(21(29)20(16)28)30-17-7-6-15(24)12-4-2-3-5-13(12)17;1-11-6-12-2-4-25-9-13(12)17(7-11)30-18-8-16(20(28)21(18)29)27-10-14(23)19-15(24)3-5-26-22(19)27;22-11-8-28(21-17(11)13(25)2-4-27-21)14-6-16(20(30)19(14)29)31-15-5-12(23)18(24)9-1-3-26-7-10(9)15;1-9(23)12-5-14(22)13(21)6-16(12)29-17-7-15(18(27)19(17)28)26-4-3-11-10(2)24-8-25-20(11)26/h2*6-7,9-10,16,18,20-21,28-29H,2-5,8H2,1H3;3,5-7,10,16,18,20-21,25,28-29H,2,4,8-9H2,1H3,(H2,24,26);2,4-5,8,14,16,19-20,26,29-30H,1,3,6-7H2,(H2,25,27);3-6,8-9,15,17-19,27-28H,7,23H2,1-2H3/t3*16-,18+,20+,21-;14-,16+,19+,20-;9-,15-,17+,18+,19-/m11111/s1. The van der Waals surface area contributed by atoms with Gasteiger partial charge in [0.05, 0.1) is 83.9 Å². The molecule has 18 N–H and O–H groups in total. The summed E-state index contributed by atoms with van der Waals surface area (Å²) in [6.45, 7) is 12.0. The first kappa shape index (κ1) is 106. The predicted octanol–water partition coefficient (Wildman–Crippen LogP) is 14.6. The summed E-state index contributed by atoms with van der Waals surface area (Å²) in [6, 6.07) is 16.4. The first-order valence-electron chi connectivity index (χ1n) is 50.1. The van der Waals surface area contributed by atoms with E-state index in [0.717, 1.165) is 140 Å². The highest BCUT2D eigenvalue weighted by Gasteiger charge is 2.51. The molecule has 7 aliphatic carbocycles. The molecule has 150 heavy (non-hydrogen) atoms. The number of aliphatic hydroxyl groups is 10. The third kappa shape index (κ3) is 20.2. The molecule has 792 valence electrons. The van der Waals surface area contributed by atoms with Gasteiger partial charge in [-0.2, -0.15) is 0 Å². The van der Waals surface area contributed by atoms with Crippen molar-refractivity contribution in [1.29, 1.82) is 0 Å². The normalized spacial score (nSPS) is 25.9. The van der Waals surface area contributed by atoms with Gasteiger partial charge >= 0.3 is 0 Å². The van der Waals surface area contributed by atoms with Crippen molar-refractivity contribution in [3.63, 3.8) is 0 Å². The third-order valence-electron chi connectivity index (χ3n) is 30.8. The molecule has 12 heterocycles. The molecule has 0 amide bonds. The number of pyridine rings is 2. The Kier molecular flexibility index (Phi) is 30.9. The van der Waals surface area contributed by atoms with Crippen LogP contribution in [-0.4, -0.2) is 218 Å². The summed E-state index contributed by atoms with van der Waals surface area (Å²) in [4.78, 5) is 34.4. The summed E-state index contributed by atoms with van der Waals surface area (Å²) < 4.78 is 112. The molecule has 24 rings (SSSR count). The van der Waals surface area contributed by atoms with Crippen molar-refractivity contribution < 1.29 is 96.7 Å². The lowest BCUT2D eigenvalue weighted by molar-refractivity contribution is -0.0167. The van der Waals surface area contributed by atoms with Gasteiger partial charge in [-0.1, -0.05) is 40.9 Å². The van der Waals surface area contributed by atoms with Gasteiger partial charge < -0.3 is 125 Å². The molecule has 5 saturated carbocycles. The maximum Gasteiger partial charge on any atom is 0.162 e. The molecule has 9 aliphatic rings. The highest BCUT2D eigenvalue weighted by atomic mass is 79.9. The first-order valence-corrected chi connectivity index (χ1v) is 52.8. The molecular weight excluding hydrogens is 2140 g/mol. The van der Waals surface area contributed by atoms with E-state index in [1.54, 1.807) is 75.9 Å². The number of halogens is 10. The number of rotatable bonds is 16. The van der Waals surface area contributed by atoms with Crippen LogP contribution in [0.2, 0.25) is 15.1 Å². The van der Waals surface area contributed by atoms with E-state index in [1.807, 2.05) is 61.4 Å². The highest BCUT2D eigenvalue weighted by molar-refractivity contribution is 9.11. The molecule has 5 fully saturated rings. The number of fused-ring (bicyclic) bond motifs is 9. The van der Waals surface area contributed by atoms with Crippen LogP contribution in [0, 0.1) is 56.8 Å². The number of aromatic nitrogens is 13. The van der Waals surface area contributed by atoms with Gasteiger partial charge in [0.15, 0.2) is 11.6 Å². The first-order chi connectivity index (χ1) is 72.0. The average molecular weight is 2250 g/mol. The zero-order valence-electron chi connectivity index (χ0n) is 82.1. The van der Waals surface area contributed by atoms with Crippen LogP contribution in [0.1, 0.15) is 174 Å². The van der Waals surface area contributed by atoms with Gasteiger partial charge in [0.1, 0.15) is 185 Å². The van der Waals surface area contributed by atoms with Crippen LogP contribution in [0.25, 0.3) is 55.2 Å². The minimum atomic E-state index is -1.22. The second-order valence-electron chi connectivity index (χ2n) is 40.1. The van der Waals surface area contributed by atoms with Crippen LogP contribution in [0.5, 0.6) is 28.7 Å². The van der Waals surface area contributed by atoms with Crippen LogP contribution >= 0.6 is 66.7 Å². The third-order valence-corrected chi connectivity index (χ3v) is 32.8. The Hall–Kier alpha value is -11.1. The summed E-state index contributed by atoms with van der Waals surface area (Å²) in [7, 11) is 0. The summed E-state index contributed by atoms with van der Waals surface area (Å²) in [5.74, 6) is -0.390. The van der Waals surface area contributed by atoms with E-state index in [0.29, 0.717) is 158 Å². The van der Waals surface area contributed by atoms with Crippen molar-refractivity contribution in [2.45, 2.75) is 272 Å². The monoisotopic (exact) mass is 2250 g/mol. The van der Waals surface area contributed by atoms with E-state index in [2.05, 4.69) is 88.4 Å². The number of nitrogens with two attached hydrogens (primary N) is 3. The lowest BCUT2D eigenvalue weighted by Gasteiger charge is -2.25. The zero-order chi connectivity index (χ0) is 106. The largest absolute Gasteiger partial charge is 0.487 e. The number of hydrogen-bond donors (Lipinski definition) is 15. The van der Waals surface area contributed by atoms with E-state index in [9.17, 15) is 73.0 Å². The Balaban J connectivity index is 0.000000113. The Labute approximate surface area is 889 Å². The van der Waals surface area contributed by atoms with Gasteiger partial charge in [0, 0.05) is 166 Å². The lowest BCUT2D eigenvalue weighted by atomic mass is 9.90. The maximum atomic E-state index is 14.2. The predicted molar refractivity (Wildman–Crippen MR) is 559 cm³/mol. The Morgan fingerprint density at radius 3 is 1.29 bits per heavy atom. The number of nitrogens with zero attached hydrogens (tertiary/aromatic N) is 13. The number of anilines is 2. The second-order valence-corrected chi connectivity index (χ2v) is 43.0. The lowest BCUT2D eigenvalue weighted by Crippen LogP contribution is -2.35. The van der Waals surface area contributed by atoms with Crippen LogP contribution in [0.4, 0.5) is 33.3 Å². The number of benzene rings is 5. The second kappa shape index (κ2) is 43.8. The van der Waals surface area contributed by atoms with Gasteiger partial charge in [-0.05, 0) is 221 Å². The van der Waals surface area contributed by atoms with E-state index in [4.69, 9.17) is 75.7 Å². The van der Waals surface area contributed by atoms with Crippen molar-refractivity contribution in [1.82, 2.24) is 73.3 Å². The molecule has 15 aromatic rings. The fraction of sp³-hybridized carbons (Fsp3) is 0.421. The Morgan fingerprint density at radius 2 is 0.780 bits per heavy atom. The van der Waals surface area contributed by atoms with E-state index < -0.39 is 145 Å². The SMILES string of the molecule is Cc1cc2c(c(O[C@H]3C[C@@H](n4cc(Cl)c5c(N)ccnc54)[C@H](O)[C@@H]3O)c1)CNCC2.Cc1ncnc2c1c(Br)cn2[C@@H]1C[C@H](Oc2ccc(F)c3c2CCCC3)[C@@H](O)[C@H]1O.Cc1ncnc2c1c(Cl)cn2[C@@H]1C[C@H](Oc2ccc(F)c3c2CCCC3)[C@@H](O)[C@H]1O.Cc1ncnc2c1ccn2[C@@H]1C[C@H](Oc2cc(Cl)c(F)cc2[C@@H](C)N)[C@@H](O)[C@H]1O.Nc1ccnc2c1c(Br)cn2[C@@H]1C[C@H](Oc2cc(F)c(F)c3c2CNCC3)[C@@H](O)[C@H]1O. The quantitative estimate of drug-likeness (QED) is 0.0400. The maximum absolute atomic E-state index is 14.2. The van der Waals surface area contributed by atoms with Crippen molar-refractivity contribution >= 4 is 133 Å². The van der Waals surface area contributed by atoms with Crippen molar-refractivity contribution in [3.8, 4) is 28.7 Å². The minimum absolute atomic E-state index is 0.0995. The number of nitrogens with one attached hydrogen (secondary N) is 2. The van der Waals surface area contributed by atoms with E-state index in [-0.39, 0.29) is 28.8 Å². The Morgan fingerprint density at radius 1 is 0.373 bits per heavy atom. The smallest absolute Gasteiger partial charge is 0.162 e. The molecular formula is C107H114Br2Cl3F5N18O15. The molecule has 0 unspecified atom stereocenters. The molecule has 2 aliphatic heterocycles. The molecule has 33 nitrogen and oxygen atoms in total. The zero-order valence-corrected chi connectivity index (χ0v) is 87.5. The Bertz CT molecular complexity index is 7450. The number of aryl methyl sites for hydroxylation is 4. The van der Waals surface area contributed by atoms with Crippen LogP contribution < -0.4 is 51.5 Å². The fourth-order valence-electron chi connectivity index (χ4n) is 23.0. The van der Waals surface area contributed by atoms with Gasteiger partial charge in [-0.15, -0.1) is 0 Å². The molecule has 0 saturated heterocycles. The van der Waals surface area contributed by atoms with E-state index in [1.165, 1.54) is 48.8 Å². The molecule has 0 radical (unpaired) electrons. The number of hydrogen-bond acceptors (Lipinski definition) is 28. The van der Waals surface area contributed by atoms with Gasteiger partial charge in [0.2, 0.25) is 0 Å². The topological polar surface area (TPSA) is 478 Å². The van der Waals surface area contributed by atoms with Crippen LogP contribution in [0.3, 0.4) is 0 Å². The molecule has 21 atom stereocenters. The number of nitrogen functional groups attached to an aromatic ring is 2. The summed E-state index contributed by atoms with van der Waals surface area (Å²) in [6.07, 6.45) is 12.3. The molecule has 43 heteroatoms. The van der Waals surface area contributed by atoms with Gasteiger partial charge in [-0.3, -0.25) is 0 Å². The molecule has 0 bridgehead atoms. The van der Waals surface area contributed by atoms with E-state index >= 15 is 0 Å². The summed E-state index contributed by atoms with van der Waals surface area (Å²) in [5.41, 5.74) is 32.7. The van der Waals surface area contributed by atoms with Crippen LogP contribution in [-0.2, 0) is 51.6 Å². The van der Waals surface area contributed by atoms with Crippen LogP contribution in [0.15, 0.2) is 144 Å². The highest BCUT2D eigenvalue weighted by Crippen LogP contribution is 2.49. The molecule has 0 spiro atoms. The van der Waals surface area contributed by atoms with Crippen molar-refractivity contribution in [3.05, 3.63) is 261 Å². The van der Waals surface area contributed by atoms with Crippen molar-refractivity contribution in [2.24, 2.45) is 5.73 Å².